The molecule has 0 aromatic heterocycles. The van der Waals surface area contributed by atoms with Crippen molar-refractivity contribution < 1.29 is 13.2 Å². The van der Waals surface area contributed by atoms with Crippen LogP contribution in [0.5, 0.6) is 0 Å². The third kappa shape index (κ3) is 2.96. The lowest BCUT2D eigenvalue weighted by Crippen LogP contribution is -2.51. The van der Waals surface area contributed by atoms with E-state index in [1.54, 1.807) is 28.4 Å². The van der Waals surface area contributed by atoms with Gasteiger partial charge in [-0.05, 0) is 11.6 Å². The van der Waals surface area contributed by atoms with Crippen LogP contribution in [0.3, 0.4) is 0 Å². The molecule has 1 aromatic rings. The number of nitrogens with zero attached hydrogens (tertiary/aromatic N) is 1. The molecule has 1 saturated heterocycles. The van der Waals surface area contributed by atoms with Gasteiger partial charge in [0.05, 0.1) is 5.92 Å². The first-order valence-corrected chi connectivity index (χ1v) is 10.9. The first kappa shape index (κ1) is 15.2. The van der Waals surface area contributed by atoms with Gasteiger partial charge in [-0.1, -0.05) is 18.2 Å². The molecule has 0 saturated carbocycles. The van der Waals surface area contributed by atoms with E-state index in [9.17, 15) is 13.2 Å². The van der Waals surface area contributed by atoms with Gasteiger partial charge in [0.1, 0.15) is 5.37 Å². The zero-order valence-electron chi connectivity index (χ0n) is 11.7. The predicted octanol–water partition coefficient (Wildman–Crippen LogP) is 1.82. The molecule has 2 heterocycles. The van der Waals surface area contributed by atoms with E-state index in [0.29, 0.717) is 18.1 Å². The summed E-state index contributed by atoms with van der Waals surface area (Å²) < 4.78 is 23.9. The van der Waals surface area contributed by atoms with Crippen LogP contribution < -0.4 is 0 Å². The molecule has 7 heteroatoms. The number of fused-ring (bicyclic) bond motifs is 1. The summed E-state index contributed by atoms with van der Waals surface area (Å²) in [6.07, 6.45) is 1.22. The van der Waals surface area contributed by atoms with Crippen molar-refractivity contribution in [2.24, 2.45) is 0 Å². The lowest BCUT2D eigenvalue weighted by molar-refractivity contribution is -0.132. The molecule has 2 aliphatic heterocycles. The maximum absolute atomic E-state index is 12.9. The molecular weight excluding hydrogens is 326 g/mol. The number of hydrogen-bond acceptors (Lipinski definition) is 5. The Bertz CT molecular complexity index is 659. The molecule has 0 aliphatic carbocycles. The third-order valence-electron chi connectivity index (χ3n) is 3.86. The van der Waals surface area contributed by atoms with Crippen LogP contribution in [-0.4, -0.2) is 54.7 Å². The maximum atomic E-state index is 12.9. The summed E-state index contributed by atoms with van der Waals surface area (Å²) in [6.45, 7) is 0.518. The molecular formula is C14H17NO3S3. The second-order valence-corrected chi connectivity index (χ2v) is 9.71. The fourth-order valence-corrected chi connectivity index (χ4v) is 6.80. The summed E-state index contributed by atoms with van der Waals surface area (Å²) >= 11 is 3.28. The highest BCUT2D eigenvalue weighted by atomic mass is 32.2. The lowest BCUT2D eigenvalue weighted by atomic mass is 10.00. The van der Waals surface area contributed by atoms with Crippen molar-refractivity contribution in [2.45, 2.75) is 16.2 Å². The third-order valence-corrected chi connectivity index (χ3v) is 7.69. The summed E-state index contributed by atoms with van der Waals surface area (Å²) in [5.74, 6) is 1.74. The Kier molecular flexibility index (Phi) is 4.25. The van der Waals surface area contributed by atoms with E-state index in [1.165, 1.54) is 6.26 Å². The number of sulfone groups is 1. The van der Waals surface area contributed by atoms with Crippen molar-refractivity contribution in [3.63, 3.8) is 0 Å². The second kappa shape index (κ2) is 5.85. The summed E-state index contributed by atoms with van der Waals surface area (Å²) in [5.41, 5.74) is 1.04. The normalized spacial score (nSPS) is 25.7. The van der Waals surface area contributed by atoms with Crippen LogP contribution in [0.2, 0.25) is 0 Å². The van der Waals surface area contributed by atoms with Gasteiger partial charge in [-0.3, -0.25) is 4.79 Å². The summed E-state index contributed by atoms with van der Waals surface area (Å²) in [5, 5.41) is -0.679. The lowest BCUT2D eigenvalue weighted by Gasteiger charge is -2.35. The molecule has 2 atom stereocenters. The number of carbonyl (C=O) groups is 1. The Hall–Kier alpha value is -0.660. The fourth-order valence-electron chi connectivity index (χ4n) is 2.76. The molecule has 0 N–H and O–H groups in total. The summed E-state index contributed by atoms with van der Waals surface area (Å²) in [4.78, 5) is 15.6. The first-order valence-electron chi connectivity index (χ1n) is 6.77. The predicted molar refractivity (Wildman–Crippen MR) is 87.6 cm³/mol. The minimum absolute atomic E-state index is 0.0387. The SMILES string of the molecule is CS(=O)(=O)[C@@H]1CSCCN1C(=O)[C@H]1CSc2ccccc21. The van der Waals surface area contributed by atoms with Gasteiger partial charge in [-0.15, -0.1) is 11.8 Å². The molecule has 4 nitrogen and oxygen atoms in total. The number of rotatable bonds is 2. The van der Waals surface area contributed by atoms with Gasteiger partial charge < -0.3 is 4.90 Å². The Morgan fingerprint density at radius 3 is 2.81 bits per heavy atom. The molecule has 0 radical (unpaired) electrons. The van der Waals surface area contributed by atoms with E-state index in [2.05, 4.69) is 0 Å². The average molecular weight is 343 g/mol. The van der Waals surface area contributed by atoms with Crippen LogP contribution in [0.1, 0.15) is 11.5 Å². The average Bonchev–Trinajstić information content (AvgIpc) is 2.89. The summed E-state index contributed by atoms with van der Waals surface area (Å²) in [6, 6.07) is 7.90. The molecule has 0 unspecified atom stereocenters. The van der Waals surface area contributed by atoms with Crippen molar-refractivity contribution in [3.05, 3.63) is 29.8 Å². The number of thioether (sulfide) groups is 2. The van der Waals surface area contributed by atoms with Gasteiger partial charge in [0, 0.05) is 35.0 Å². The Morgan fingerprint density at radius 2 is 2.05 bits per heavy atom. The van der Waals surface area contributed by atoms with Crippen LogP contribution >= 0.6 is 23.5 Å². The van der Waals surface area contributed by atoms with Crippen molar-refractivity contribution in [3.8, 4) is 0 Å². The van der Waals surface area contributed by atoms with Gasteiger partial charge >= 0.3 is 0 Å². The maximum Gasteiger partial charge on any atom is 0.232 e. The Morgan fingerprint density at radius 1 is 1.29 bits per heavy atom. The number of hydrogen-bond donors (Lipinski definition) is 0. The highest BCUT2D eigenvalue weighted by Gasteiger charge is 2.39. The molecule has 1 amide bonds. The standard InChI is InChI=1S/C14H17NO3S3/c1-21(17,18)13-9-19-7-6-15(13)14(16)11-8-20-12-5-3-2-4-10(11)12/h2-5,11,13H,6-9H2,1H3/t11-,13+/m0/s1. The van der Waals surface area contributed by atoms with Crippen LogP contribution in [0, 0.1) is 0 Å². The van der Waals surface area contributed by atoms with Gasteiger partial charge in [-0.25, -0.2) is 8.42 Å². The number of amides is 1. The van der Waals surface area contributed by atoms with E-state index in [0.717, 1.165) is 16.2 Å². The van der Waals surface area contributed by atoms with E-state index < -0.39 is 15.2 Å². The quantitative estimate of drug-likeness (QED) is 0.820. The van der Waals surface area contributed by atoms with E-state index in [4.69, 9.17) is 0 Å². The second-order valence-electron chi connectivity index (χ2n) is 5.29. The molecule has 3 rings (SSSR count). The number of benzene rings is 1. The monoisotopic (exact) mass is 343 g/mol. The Balaban J connectivity index is 1.88. The van der Waals surface area contributed by atoms with E-state index in [1.807, 2.05) is 24.3 Å². The van der Waals surface area contributed by atoms with Crippen molar-refractivity contribution >= 4 is 39.3 Å². The Labute approximate surface area is 133 Å². The topological polar surface area (TPSA) is 54.5 Å². The molecule has 1 fully saturated rings. The molecule has 114 valence electrons. The highest BCUT2D eigenvalue weighted by molar-refractivity contribution is 8.01. The zero-order valence-corrected chi connectivity index (χ0v) is 14.1. The van der Waals surface area contributed by atoms with E-state index in [-0.39, 0.29) is 11.8 Å². The van der Waals surface area contributed by atoms with Crippen LogP contribution in [0.15, 0.2) is 29.2 Å². The first-order chi connectivity index (χ1) is 9.98. The zero-order chi connectivity index (χ0) is 15.0. The number of carbonyl (C=O) groups excluding carboxylic acids is 1. The smallest absolute Gasteiger partial charge is 0.232 e. The highest BCUT2D eigenvalue weighted by Crippen LogP contribution is 2.41. The van der Waals surface area contributed by atoms with Crippen molar-refractivity contribution in [1.29, 1.82) is 0 Å². The van der Waals surface area contributed by atoms with Gasteiger partial charge in [-0.2, -0.15) is 11.8 Å². The molecule has 2 aliphatic rings. The van der Waals surface area contributed by atoms with Crippen LogP contribution in [0.25, 0.3) is 0 Å². The molecule has 21 heavy (non-hydrogen) atoms. The van der Waals surface area contributed by atoms with Gasteiger partial charge in [0.15, 0.2) is 9.84 Å². The van der Waals surface area contributed by atoms with E-state index >= 15 is 0 Å². The minimum atomic E-state index is -3.25. The summed E-state index contributed by atoms with van der Waals surface area (Å²) in [7, 11) is -3.25. The molecule has 0 bridgehead atoms. The molecule has 1 aromatic carbocycles. The largest absolute Gasteiger partial charge is 0.323 e. The van der Waals surface area contributed by atoms with Gasteiger partial charge in [0.2, 0.25) is 5.91 Å². The van der Waals surface area contributed by atoms with Crippen LogP contribution in [0.4, 0.5) is 0 Å². The van der Waals surface area contributed by atoms with Crippen LogP contribution in [-0.2, 0) is 14.6 Å². The fraction of sp³-hybridized carbons (Fsp3) is 0.500. The minimum Gasteiger partial charge on any atom is -0.323 e. The molecule has 0 spiro atoms. The van der Waals surface area contributed by atoms with Gasteiger partial charge in [0.25, 0.3) is 0 Å². The van der Waals surface area contributed by atoms with Crippen molar-refractivity contribution in [2.75, 3.05) is 30.1 Å². The van der Waals surface area contributed by atoms with Crippen molar-refractivity contribution in [1.82, 2.24) is 4.90 Å².